The Labute approximate surface area is 95.1 Å². The maximum Gasteiger partial charge on any atom is 0.234 e. The molecule has 2 aliphatic carbocycles. The van der Waals surface area contributed by atoms with Crippen LogP contribution in [-0.4, -0.2) is 23.0 Å². The van der Waals surface area contributed by atoms with Crippen LogP contribution in [0.25, 0.3) is 0 Å². The van der Waals surface area contributed by atoms with Gasteiger partial charge in [0.05, 0.1) is 0 Å². The van der Waals surface area contributed by atoms with Crippen LogP contribution in [0.1, 0.15) is 39.0 Å². The third kappa shape index (κ3) is 1.86. The van der Waals surface area contributed by atoms with E-state index >= 15 is 0 Å². The van der Waals surface area contributed by atoms with Crippen LogP contribution in [0.2, 0.25) is 0 Å². The molecule has 2 aliphatic rings. The highest BCUT2D eigenvalue weighted by molar-refractivity contribution is 6.09. The molecule has 0 bridgehead atoms. The summed E-state index contributed by atoms with van der Waals surface area (Å²) in [6, 6.07) is 0.270. The van der Waals surface area contributed by atoms with Crippen molar-refractivity contribution in [3.05, 3.63) is 0 Å². The van der Waals surface area contributed by atoms with Gasteiger partial charge >= 0.3 is 0 Å². The molecule has 1 amide bonds. The molecule has 2 atom stereocenters. The lowest BCUT2D eigenvalue weighted by atomic mass is 10.0. The molecule has 0 aromatic heterocycles. The first kappa shape index (κ1) is 11.2. The van der Waals surface area contributed by atoms with E-state index in [0.29, 0.717) is 18.8 Å². The zero-order chi connectivity index (χ0) is 11.8. The van der Waals surface area contributed by atoms with Crippen LogP contribution >= 0.6 is 0 Å². The Balaban J connectivity index is 1.94. The lowest BCUT2D eigenvalue weighted by Crippen LogP contribution is -2.44. The van der Waals surface area contributed by atoms with Crippen molar-refractivity contribution in [1.82, 2.24) is 5.32 Å². The van der Waals surface area contributed by atoms with E-state index < -0.39 is 5.41 Å². The van der Waals surface area contributed by atoms with E-state index in [4.69, 9.17) is 10.9 Å². The second-order valence-corrected chi connectivity index (χ2v) is 5.16. The van der Waals surface area contributed by atoms with Crippen LogP contribution < -0.4 is 11.1 Å². The molecular formula is C11H19N3O2. The minimum atomic E-state index is -0.708. The van der Waals surface area contributed by atoms with Crippen LogP contribution in [0, 0.1) is 11.3 Å². The monoisotopic (exact) mass is 225 g/mol. The van der Waals surface area contributed by atoms with Crippen LogP contribution in [0.15, 0.2) is 5.16 Å². The van der Waals surface area contributed by atoms with Gasteiger partial charge in [-0.1, -0.05) is 12.1 Å². The normalized spacial score (nSPS) is 32.4. The second-order valence-electron chi connectivity index (χ2n) is 5.16. The summed E-state index contributed by atoms with van der Waals surface area (Å²) in [5.74, 6) is 0.669. The van der Waals surface area contributed by atoms with Gasteiger partial charge in [-0.3, -0.25) is 4.79 Å². The Kier molecular flexibility index (Phi) is 2.78. The number of nitrogens with one attached hydrogen (secondary N) is 1. The van der Waals surface area contributed by atoms with Crippen molar-refractivity contribution in [2.75, 3.05) is 0 Å². The van der Waals surface area contributed by atoms with E-state index in [-0.39, 0.29) is 17.8 Å². The van der Waals surface area contributed by atoms with Crippen molar-refractivity contribution in [3.63, 3.8) is 0 Å². The molecule has 2 fully saturated rings. The Bertz CT molecular complexity index is 323. The summed E-state index contributed by atoms with van der Waals surface area (Å²) in [6.07, 6.45) is 4.63. The molecule has 2 rings (SSSR count). The smallest absolute Gasteiger partial charge is 0.234 e. The molecule has 0 heterocycles. The zero-order valence-corrected chi connectivity index (χ0v) is 9.57. The van der Waals surface area contributed by atoms with Gasteiger partial charge < -0.3 is 16.3 Å². The Hall–Kier alpha value is -1.26. The Morgan fingerprint density at radius 3 is 2.62 bits per heavy atom. The van der Waals surface area contributed by atoms with E-state index in [1.54, 1.807) is 0 Å². The number of amidine groups is 1. The maximum absolute atomic E-state index is 12.0. The average molecular weight is 225 g/mol. The highest BCUT2D eigenvalue weighted by Gasteiger charge is 2.54. The lowest BCUT2D eigenvalue weighted by Gasteiger charge is -2.18. The topological polar surface area (TPSA) is 87.7 Å². The molecule has 0 saturated heterocycles. The molecule has 5 nitrogen and oxygen atoms in total. The summed E-state index contributed by atoms with van der Waals surface area (Å²) in [5.41, 5.74) is 4.85. The van der Waals surface area contributed by atoms with Crippen molar-refractivity contribution in [1.29, 1.82) is 0 Å². The van der Waals surface area contributed by atoms with Gasteiger partial charge in [-0.05, 0) is 38.0 Å². The number of nitrogens with zero attached hydrogens (tertiary/aromatic N) is 1. The minimum Gasteiger partial charge on any atom is -0.409 e. The molecule has 2 saturated carbocycles. The quantitative estimate of drug-likeness (QED) is 0.287. The SMILES string of the molecule is CC1CCC(NC(=O)C2(C(N)=NO)CC2)C1. The molecule has 0 spiro atoms. The molecule has 90 valence electrons. The Morgan fingerprint density at radius 2 is 2.19 bits per heavy atom. The fourth-order valence-corrected chi connectivity index (χ4v) is 2.48. The second kappa shape index (κ2) is 3.96. The van der Waals surface area contributed by atoms with Crippen molar-refractivity contribution in [2.24, 2.45) is 22.2 Å². The predicted octanol–water partition coefficient (Wildman–Crippen LogP) is 0.818. The van der Waals surface area contributed by atoms with Crippen molar-refractivity contribution in [2.45, 2.75) is 45.1 Å². The third-order valence-electron chi connectivity index (χ3n) is 3.81. The summed E-state index contributed by atoms with van der Waals surface area (Å²) < 4.78 is 0. The van der Waals surface area contributed by atoms with E-state index in [1.807, 2.05) is 0 Å². The predicted molar refractivity (Wildman–Crippen MR) is 60.0 cm³/mol. The minimum absolute atomic E-state index is 0.0519. The number of amides is 1. The van der Waals surface area contributed by atoms with Crippen molar-refractivity contribution >= 4 is 11.7 Å². The molecule has 0 radical (unpaired) electrons. The number of carbonyl (C=O) groups excluding carboxylic acids is 1. The summed E-state index contributed by atoms with van der Waals surface area (Å²) in [7, 11) is 0. The summed E-state index contributed by atoms with van der Waals surface area (Å²) in [5, 5.41) is 14.6. The average Bonchev–Trinajstić information content (AvgIpc) is 2.98. The number of hydrogen-bond donors (Lipinski definition) is 3. The fraction of sp³-hybridized carbons (Fsp3) is 0.818. The third-order valence-corrected chi connectivity index (χ3v) is 3.81. The van der Waals surface area contributed by atoms with Gasteiger partial charge in [0.2, 0.25) is 5.91 Å². The standard InChI is InChI=1S/C11H19N3O2/c1-7-2-3-8(6-7)13-10(15)11(4-5-11)9(12)14-16/h7-8,16H,2-6H2,1H3,(H2,12,14)(H,13,15). The van der Waals surface area contributed by atoms with E-state index in [9.17, 15) is 4.79 Å². The summed E-state index contributed by atoms with van der Waals surface area (Å²) in [6.45, 7) is 2.20. The van der Waals surface area contributed by atoms with Crippen LogP contribution in [-0.2, 0) is 4.79 Å². The van der Waals surface area contributed by atoms with Crippen molar-refractivity contribution in [3.8, 4) is 0 Å². The van der Waals surface area contributed by atoms with Gasteiger partial charge in [-0.25, -0.2) is 0 Å². The zero-order valence-electron chi connectivity index (χ0n) is 9.57. The lowest BCUT2D eigenvalue weighted by molar-refractivity contribution is -0.124. The molecular weight excluding hydrogens is 206 g/mol. The van der Waals surface area contributed by atoms with Crippen LogP contribution in [0.3, 0.4) is 0 Å². The molecule has 5 heteroatoms. The number of rotatable bonds is 3. The van der Waals surface area contributed by atoms with E-state index in [1.165, 1.54) is 6.42 Å². The largest absolute Gasteiger partial charge is 0.409 e. The number of carbonyl (C=O) groups is 1. The molecule has 16 heavy (non-hydrogen) atoms. The fourth-order valence-electron chi connectivity index (χ4n) is 2.48. The first-order valence-electron chi connectivity index (χ1n) is 5.87. The van der Waals surface area contributed by atoms with Gasteiger partial charge in [0.15, 0.2) is 5.84 Å². The Morgan fingerprint density at radius 1 is 1.50 bits per heavy atom. The van der Waals surface area contributed by atoms with Gasteiger partial charge in [0.25, 0.3) is 0 Å². The van der Waals surface area contributed by atoms with Gasteiger partial charge in [0.1, 0.15) is 5.41 Å². The van der Waals surface area contributed by atoms with Crippen LogP contribution in [0.4, 0.5) is 0 Å². The summed E-state index contributed by atoms with van der Waals surface area (Å²) in [4.78, 5) is 12.0. The van der Waals surface area contributed by atoms with Gasteiger partial charge in [-0.15, -0.1) is 0 Å². The number of nitrogens with two attached hydrogens (primary N) is 1. The van der Waals surface area contributed by atoms with E-state index in [0.717, 1.165) is 12.8 Å². The highest BCUT2D eigenvalue weighted by atomic mass is 16.4. The first-order chi connectivity index (χ1) is 7.58. The van der Waals surface area contributed by atoms with Crippen LogP contribution in [0.5, 0.6) is 0 Å². The number of oxime groups is 1. The molecule has 0 aromatic carbocycles. The first-order valence-corrected chi connectivity index (χ1v) is 5.87. The molecule has 4 N–H and O–H groups in total. The number of hydrogen-bond acceptors (Lipinski definition) is 3. The maximum atomic E-state index is 12.0. The molecule has 0 aromatic rings. The van der Waals surface area contributed by atoms with E-state index in [2.05, 4.69) is 17.4 Å². The van der Waals surface area contributed by atoms with Gasteiger partial charge in [0, 0.05) is 6.04 Å². The highest BCUT2D eigenvalue weighted by Crippen LogP contribution is 2.46. The van der Waals surface area contributed by atoms with Gasteiger partial charge in [-0.2, -0.15) is 0 Å². The molecule has 2 unspecified atom stereocenters. The molecule has 0 aliphatic heterocycles. The summed E-state index contributed by atoms with van der Waals surface area (Å²) >= 11 is 0. The van der Waals surface area contributed by atoms with Crippen molar-refractivity contribution < 1.29 is 10.0 Å².